The molecule has 0 fully saturated rings. The summed E-state index contributed by atoms with van der Waals surface area (Å²) in [7, 11) is 0. The van der Waals surface area contributed by atoms with Crippen molar-refractivity contribution in [2.45, 2.75) is 18.6 Å². The third-order valence-corrected chi connectivity index (χ3v) is 4.41. The first-order chi connectivity index (χ1) is 11.6. The lowest BCUT2D eigenvalue weighted by Gasteiger charge is -2.29. The van der Waals surface area contributed by atoms with Gasteiger partial charge < -0.3 is 9.64 Å². The zero-order valence-corrected chi connectivity index (χ0v) is 12.7. The van der Waals surface area contributed by atoms with Gasteiger partial charge in [0.1, 0.15) is 5.82 Å². The molecule has 0 aliphatic carbocycles. The molecule has 4 rings (SSSR count). The van der Waals surface area contributed by atoms with Crippen LogP contribution in [-0.4, -0.2) is 11.7 Å². The summed E-state index contributed by atoms with van der Waals surface area (Å²) in [5.74, 6) is -1.13. The van der Waals surface area contributed by atoms with E-state index in [-0.39, 0.29) is 24.4 Å². The predicted molar refractivity (Wildman–Crippen MR) is 85.6 cm³/mol. The Morgan fingerprint density at radius 2 is 1.88 bits per heavy atom. The highest BCUT2D eigenvalue weighted by atomic mass is 19.1. The van der Waals surface area contributed by atoms with Gasteiger partial charge in [-0.25, -0.2) is 4.39 Å². The zero-order valence-electron chi connectivity index (χ0n) is 12.7. The summed E-state index contributed by atoms with van der Waals surface area (Å²) < 4.78 is 20.1. The first-order valence-electron chi connectivity index (χ1n) is 7.64. The molecule has 5 heteroatoms. The summed E-state index contributed by atoms with van der Waals surface area (Å²) in [5.41, 5.74) is 0.00303. The molecule has 0 bridgehead atoms. The van der Waals surface area contributed by atoms with Crippen molar-refractivity contribution in [2.75, 3.05) is 4.90 Å². The molecule has 0 saturated carbocycles. The molecule has 0 radical (unpaired) electrons. The van der Waals surface area contributed by atoms with Crippen molar-refractivity contribution in [3.05, 3.63) is 77.8 Å². The number of carbonyl (C=O) groups is 2. The van der Waals surface area contributed by atoms with Crippen LogP contribution in [0.15, 0.2) is 60.9 Å². The van der Waals surface area contributed by atoms with Gasteiger partial charge in [0.2, 0.25) is 5.60 Å². The normalized spacial score (nSPS) is 22.0. The van der Waals surface area contributed by atoms with Crippen LogP contribution in [0, 0.1) is 5.82 Å². The average molecular weight is 323 g/mol. The van der Waals surface area contributed by atoms with E-state index in [4.69, 9.17) is 4.74 Å². The number of hydrogen-bond acceptors (Lipinski definition) is 3. The summed E-state index contributed by atoms with van der Waals surface area (Å²) in [6.07, 6.45) is 2.39. The second kappa shape index (κ2) is 5.30. The molecule has 2 heterocycles. The van der Waals surface area contributed by atoms with Crippen molar-refractivity contribution in [3.63, 3.8) is 0 Å². The van der Waals surface area contributed by atoms with E-state index in [1.54, 1.807) is 6.07 Å². The van der Waals surface area contributed by atoms with Gasteiger partial charge in [-0.2, -0.15) is 0 Å². The van der Waals surface area contributed by atoms with Crippen LogP contribution in [0.1, 0.15) is 17.5 Å². The van der Waals surface area contributed by atoms with E-state index in [1.807, 2.05) is 30.3 Å². The first kappa shape index (κ1) is 14.6. The number of amides is 1. The average Bonchev–Trinajstić information content (AvgIpc) is 2.80. The van der Waals surface area contributed by atoms with Gasteiger partial charge in [-0.1, -0.05) is 42.5 Å². The van der Waals surface area contributed by atoms with Crippen molar-refractivity contribution in [3.8, 4) is 0 Å². The number of halogens is 1. The van der Waals surface area contributed by atoms with E-state index in [9.17, 15) is 14.0 Å². The van der Waals surface area contributed by atoms with Crippen molar-refractivity contribution < 1.29 is 18.7 Å². The van der Waals surface area contributed by atoms with Crippen LogP contribution < -0.4 is 4.90 Å². The molecule has 24 heavy (non-hydrogen) atoms. The van der Waals surface area contributed by atoms with E-state index < -0.39 is 17.3 Å². The van der Waals surface area contributed by atoms with Crippen molar-refractivity contribution in [1.29, 1.82) is 0 Å². The number of fused-ring (bicyclic) bond motifs is 2. The zero-order chi connectivity index (χ0) is 16.7. The molecule has 0 saturated heterocycles. The van der Waals surface area contributed by atoms with Gasteiger partial charge in [-0.05, 0) is 11.6 Å². The van der Waals surface area contributed by atoms with Gasteiger partial charge in [-0.3, -0.25) is 9.59 Å². The second-order valence-corrected chi connectivity index (χ2v) is 5.90. The SMILES string of the molecule is O=C1C=CO[C@]2(C1)C(=O)N(Cc1ccccc1)c1c(F)cccc12. The molecule has 0 unspecified atom stereocenters. The molecular weight excluding hydrogens is 309 g/mol. The monoisotopic (exact) mass is 323 g/mol. The molecule has 120 valence electrons. The standard InChI is InChI=1S/C19H14FNO3/c20-16-8-4-7-15-17(16)21(12-13-5-2-1-3-6-13)18(23)19(15)11-14(22)9-10-24-19/h1-10H,11-12H2/t19-/m0/s1. The molecule has 0 N–H and O–H groups in total. The minimum Gasteiger partial charge on any atom is -0.480 e. The maximum Gasteiger partial charge on any atom is 0.276 e. The molecular formula is C19H14FNO3. The maximum atomic E-state index is 14.5. The molecule has 2 aliphatic heterocycles. The minimum absolute atomic E-state index is 0.121. The van der Waals surface area contributed by atoms with Gasteiger partial charge in [0.15, 0.2) is 5.78 Å². The topological polar surface area (TPSA) is 46.6 Å². The van der Waals surface area contributed by atoms with Crippen LogP contribution in [-0.2, 0) is 26.5 Å². The predicted octanol–water partition coefficient (Wildman–Crippen LogP) is 3.07. The highest BCUT2D eigenvalue weighted by Gasteiger charge is 2.55. The fraction of sp³-hybridized carbons (Fsp3) is 0.158. The number of ketones is 1. The molecule has 1 amide bonds. The van der Waals surface area contributed by atoms with Crippen LogP contribution in [0.5, 0.6) is 0 Å². The summed E-state index contributed by atoms with van der Waals surface area (Å²) in [5, 5.41) is 0. The van der Waals surface area contributed by atoms with Crippen LogP contribution >= 0.6 is 0 Å². The van der Waals surface area contributed by atoms with E-state index in [2.05, 4.69) is 0 Å². The van der Waals surface area contributed by atoms with Gasteiger partial charge in [0.05, 0.1) is 24.9 Å². The third kappa shape index (κ3) is 2.05. The molecule has 0 aromatic heterocycles. The number of carbonyl (C=O) groups excluding carboxylic acids is 2. The van der Waals surface area contributed by atoms with Gasteiger partial charge >= 0.3 is 0 Å². The lowest BCUT2D eigenvalue weighted by atomic mass is 9.88. The van der Waals surface area contributed by atoms with E-state index in [1.165, 1.54) is 29.4 Å². The number of ether oxygens (including phenoxy) is 1. The summed E-state index contributed by atoms with van der Waals surface area (Å²) in [6, 6.07) is 13.8. The first-order valence-corrected chi connectivity index (χ1v) is 7.64. The Morgan fingerprint density at radius 1 is 1.08 bits per heavy atom. The molecule has 2 aromatic rings. The number of nitrogens with zero attached hydrogens (tertiary/aromatic N) is 1. The van der Waals surface area contributed by atoms with Crippen LogP contribution in [0.3, 0.4) is 0 Å². The third-order valence-electron chi connectivity index (χ3n) is 4.41. The largest absolute Gasteiger partial charge is 0.480 e. The Hall–Kier alpha value is -2.95. The Labute approximate surface area is 138 Å². The number of rotatable bonds is 2. The highest BCUT2D eigenvalue weighted by Crippen LogP contribution is 2.48. The fourth-order valence-corrected chi connectivity index (χ4v) is 3.32. The number of allylic oxidation sites excluding steroid dienone is 1. The molecule has 4 nitrogen and oxygen atoms in total. The number of anilines is 1. The quantitative estimate of drug-likeness (QED) is 0.853. The summed E-state index contributed by atoms with van der Waals surface area (Å²) in [4.78, 5) is 26.4. The van der Waals surface area contributed by atoms with E-state index in [0.29, 0.717) is 5.56 Å². The van der Waals surface area contributed by atoms with Crippen LogP contribution in [0.2, 0.25) is 0 Å². The fourth-order valence-electron chi connectivity index (χ4n) is 3.32. The van der Waals surface area contributed by atoms with Crippen molar-refractivity contribution >= 4 is 17.4 Å². The van der Waals surface area contributed by atoms with Crippen LogP contribution in [0.25, 0.3) is 0 Å². The molecule has 1 spiro atoms. The number of hydrogen-bond donors (Lipinski definition) is 0. The molecule has 2 aliphatic rings. The summed E-state index contributed by atoms with van der Waals surface area (Å²) in [6.45, 7) is 0.219. The number of benzene rings is 2. The smallest absolute Gasteiger partial charge is 0.276 e. The Bertz CT molecular complexity index is 862. The van der Waals surface area contributed by atoms with Gasteiger partial charge in [0, 0.05) is 11.6 Å². The van der Waals surface area contributed by atoms with Gasteiger partial charge in [0.25, 0.3) is 5.91 Å². The number of para-hydroxylation sites is 1. The summed E-state index contributed by atoms with van der Waals surface area (Å²) >= 11 is 0. The minimum atomic E-state index is -1.46. The Balaban J connectivity index is 1.84. The lowest BCUT2D eigenvalue weighted by Crippen LogP contribution is -2.44. The molecule has 1 atom stereocenters. The highest BCUT2D eigenvalue weighted by molar-refractivity contribution is 6.10. The molecule has 2 aromatic carbocycles. The van der Waals surface area contributed by atoms with Crippen molar-refractivity contribution in [1.82, 2.24) is 0 Å². The van der Waals surface area contributed by atoms with Crippen LogP contribution in [0.4, 0.5) is 10.1 Å². The lowest BCUT2D eigenvalue weighted by molar-refractivity contribution is -0.143. The Morgan fingerprint density at radius 3 is 2.62 bits per heavy atom. The maximum absolute atomic E-state index is 14.5. The second-order valence-electron chi connectivity index (χ2n) is 5.90. The van der Waals surface area contributed by atoms with E-state index >= 15 is 0 Å². The van der Waals surface area contributed by atoms with Crippen molar-refractivity contribution in [2.24, 2.45) is 0 Å². The Kier molecular flexibility index (Phi) is 3.23. The van der Waals surface area contributed by atoms with Gasteiger partial charge in [-0.15, -0.1) is 0 Å². The van der Waals surface area contributed by atoms with E-state index in [0.717, 1.165) is 5.56 Å².